The number of ether oxygens (including phenoxy) is 1. The zero-order valence-electron chi connectivity index (χ0n) is 22.8. The topological polar surface area (TPSA) is 71.8 Å². The smallest absolute Gasteiger partial charge is 0.318 e. The van der Waals surface area contributed by atoms with E-state index in [1.54, 1.807) is 0 Å². The Labute approximate surface area is 235 Å². The van der Waals surface area contributed by atoms with Crippen molar-refractivity contribution >= 4 is 33.9 Å². The molecule has 0 bridgehead atoms. The number of nitrogens with zero attached hydrogens (tertiary/aromatic N) is 7. The Balaban J connectivity index is 1.27. The van der Waals surface area contributed by atoms with Gasteiger partial charge in [0.25, 0.3) is 0 Å². The van der Waals surface area contributed by atoms with E-state index in [0.29, 0.717) is 31.1 Å². The predicted octanol–water partition coefficient (Wildman–Crippen LogP) is 4.56. The highest BCUT2D eigenvalue weighted by Gasteiger charge is 2.29. The molecule has 3 aliphatic rings. The highest BCUT2D eigenvalue weighted by atomic mass is 35.5. The van der Waals surface area contributed by atoms with Crippen LogP contribution in [0, 0.1) is 17.4 Å². The number of anilines is 2. The molecule has 3 aromatic rings. The molecule has 0 spiro atoms. The van der Waals surface area contributed by atoms with E-state index in [1.165, 1.54) is 12.0 Å². The summed E-state index contributed by atoms with van der Waals surface area (Å²) in [5.41, 5.74) is 3.37. The van der Waals surface area contributed by atoms with Crippen LogP contribution in [0.4, 0.5) is 11.5 Å². The second-order valence-electron chi connectivity index (χ2n) is 11.2. The van der Waals surface area contributed by atoms with Crippen LogP contribution in [0.2, 0.25) is 5.02 Å². The van der Waals surface area contributed by atoms with Crippen molar-refractivity contribution in [3.05, 3.63) is 52.7 Å². The van der Waals surface area contributed by atoms with Crippen LogP contribution in [0.25, 0.3) is 10.8 Å². The maximum Gasteiger partial charge on any atom is 0.318 e. The minimum Gasteiger partial charge on any atom is -0.462 e. The molecular weight excluding hydrogens is 510 g/mol. The molecule has 2 fully saturated rings. The lowest BCUT2D eigenvalue weighted by atomic mass is 9.97. The number of hydrogen-bond acceptors (Lipinski definition) is 8. The highest BCUT2D eigenvalue weighted by Crippen LogP contribution is 2.37. The van der Waals surface area contributed by atoms with Crippen molar-refractivity contribution in [3.8, 4) is 12.2 Å². The zero-order chi connectivity index (χ0) is 26.9. The lowest BCUT2D eigenvalue weighted by Gasteiger charge is -2.36. The quantitative estimate of drug-likeness (QED) is 0.382. The molecular formula is C30H36ClN7O. The summed E-state index contributed by atoms with van der Waals surface area (Å²) in [6.07, 6.45) is 6.48. The van der Waals surface area contributed by atoms with Gasteiger partial charge in [0.15, 0.2) is 6.19 Å². The minimum atomic E-state index is 0.404. The number of aromatic nitrogens is 2. The van der Waals surface area contributed by atoms with Gasteiger partial charge in [-0.15, -0.1) is 0 Å². The van der Waals surface area contributed by atoms with E-state index in [0.717, 1.165) is 85.0 Å². The monoisotopic (exact) mass is 545 g/mol. The number of fused-ring (bicyclic) bond motifs is 2. The van der Waals surface area contributed by atoms with Gasteiger partial charge in [0.2, 0.25) is 0 Å². The summed E-state index contributed by atoms with van der Waals surface area (Å²) < 4.78 is 6.26. The molecule has 0 unspecified atom stereocenters. The fourth-order valence-electron chi connectivity index (χ4n) is 6.19. The summed E-state index contributed by atoms with van der Waals surface area (Å²) in [6.45, 7) is 5.88. The predicted molar refractivity (Wildman–Crippen MR) is 155 cm³/mol. The summed E-state index contributed by atoms with van der Waals surface area (Å²) >= 11 is 6.68. The molecule has 204 valence electrons. The van der Waals surface area contributed by atoms with Crippen LogP contribution < -0.4 is 14.5 Å². The average molecular weight is 546 g/mol. The van der Waals surface area contributed by atoms with Crippen molar-refractivity contribution in [1.29, 1.82) is 5.26 Å². The molecule has 39 heavy (non-hydrogen) atoms. The largest absolute Gasteiger partial charge is 0.462 e. The van der Waals surface area contributed by atoms with Crippen molar-refractivity contribution in [2.45, 2.75) is 38.3 Å². The summed E-state index contributed by atoms with van der Waals surface area (Å²) in [5.74, 6) is 1.53. The molecule has 0 amide bonds. The lowest BCUT2D eigenvalue weighted by molar-refractivity contribution is 0.163. The molecule has 0 radical (unpaired) electrons. The van der Waals surface area contributed by atoms with Crippen LogP contribution in [0.5, 0.6) is 6.01 Å². The van der Waals surface area contributed by atoms with Gasteiger partial charge in [-0.05, 0) is 62.7 Å². The Hall–Kier alpha value is -3.28. The first kappa shape index (κ1) is 26.0. The number of nitriles is 1. The van der Waals surface area contributed by atoms with Crippen LogP contribution in [-0.4, -0.2) is 79.2 Å². The maximum atomic E-state index is 9.07. The number of halogens is 1. The van der Waals surface area contributed by atoms with Gasteiger partial charge in [0.05, 0.1) is 17.3 Å². The van der Waals surface area contributed by atoms with Gasteiger partial charge in [-0.25, -0.2) is 0 Å². The lowest BCUT2D eigenvalue weighted by Crippen LogP contribution is -2.44. The van der Waals surface area contributed by atoms with Crippen LogP contribution in [0.15, 0.2) is 36.4 Å². The Kier molecular flexibility index (Phi) is 7.37. The van der Waals surface area contributed by atoms with Gasteiger partial charge < -0.3 is 24.3 Å². The molecule has 0 saturated carbocycles. The van der Waals surface area contributed by atoms with E-state index in [1.807, 2.05) is 17.0 Å². The molecule has 8 nitrogen and oxygen atoms in total. The Bertz CT molecular complexity index is 1380. The molecule has 0 N–H and O–H groups in total. The van der Waals surface area contributed by atoms with E-state index >= 15 is 0 Å². The van der Waals surface area contributed by atoms with Crippen molar-refractivity contribution < 1.29 is 4.74 Å². The van der Waals surface area contributed by atoms with Crippen LogP contribution in [0.1, 0.15) is 30.5 Å². The fraction of sp³-hybridized carbons (Fsp3) is 0.500. The van der Waals surface area contributed by atoms with E-state index < -0.39 is 0 Å². The highest BCUT2D eigenvalue weighted by molar-refractivity contribution is 6.36. The van der Waals surface area contributed by atoms with E-state index in [2.05, 4.69) is 59.3 Å². The number of hydrogen-bond donors (Lipinski definition) is 0. The molecule has 2 saturated heterocycles. The third-order valence-corrected chi connectivity index (χ3v) is 8.92. The molecule has 0 aliphatic carbocycles. The molecule has 1 atom stereocenters. The van der Waals surface area contributed by atoms with Gasteiger partial charge in [-0.2, -0.15) is 15.2 Å². The first-order chi connectivity index (χ1) is 19.0. The molecule has 2 aromatic carbocycles. The summed E-state index contributed by atoms with van der Waals surface area (Å²) in [4.78, 5) is 18.7. The number of benzene rings is 2. The second-order valence-corrected chi connectivity index (χ2v) is 11.6. The number of likely N-dealkylation sites (tertiary alicyclic amines) is 2. The fourth-order valence-corrected chi connectivity index (χ4v) is 6.47. The Morgan fingerprint density at radius 2 is 1.97 bits per heavy atom. The average Bonchev–Trinajstić information content (AvgIpc) is 3.34. The summed E-state index contributed by atoms with van der Waals surface area (Å²) in [5, 5.41) is 12.1. The van der Waals surface area contributed by atoms with Crippen LogP contribution in [0.3, 0.4) is 0 Å². The van der Waals surface area contributed by atoms with Crippen molar-refractivity contribution in [3.63, 3.8) is 0 Å². The van der Waals surface area contributed by atoms with Gasteiger partial charge in [0, 0.05) is 55.9 Å². The molecule has 9 heteroatoms. The Morgan fingerprint density at radius 3 is 2.74 bits per heavy atom. The van der Waals surface area contributed by atoms with Crippen molar-refractivity contribution in [2.24, 2.45) is 5.92 Å². The van der Waals surface area contributed by atoms with E-state index in [-0.39, 0.29) is 0 Å². The van der Waals surface area contributed by atoms with Gasteiger partial charge in [-0.3, -0.25) is 0 Å². The van der Waals surface area contributed by atoms with Crippen LogP contribution in [-0.2, 0) is 13.0 Å². The number of likely N-dealkylation sites (N-methyl/N-ethyl adjacent to an activating group) is 1. The Morgan fingerprint density at radius 1 is 1.15 bits per heavy atom. The second kappa shape index (κ2) is 11.1. The SMILES string of the molecule is CN(CCC1CN(C#N)C1)c1nc(OC[C@@H]2CCCN2C)nc2c1CCN(c1cccc3cccc(Cl)c13)C2. The third kappa shape index (κ3) is 5.30. The minimum absolute atomic E-state index is 0.404. The standard InChI is InChI=1S/C30H36ClN7O/c1-35-13-5-8-23(35)19-39-30-33-26-18-38(27-10-4-7-22-6-3-9-25(31)28(22)27)15-12-24(26)29(34-30)36(2)14-11-21-16-37(17-21)20-32/h3-4,6-7,9-10,21,23H,5,8,11-19H2,1-2H3/t23-/m0/s1. The molecule has 1 aromatic heterocycles. The van der Waals surface area contributed by atoms with Gasteiger partial charge in [0.1, 0.15) is 12.4 Å². The number of rotatable bonds is 8. The van der Waals surface area contributed by atoms with Gasteiger partial charge >= 0.3 is 6.01 Å². The van der Waals surface area contributed by atoms with E-state index in [9.17, 15) is 0 Å². The summed E-state index contributed by atoms with van der Waals surface area (Å²) in [6, 6.07) is 13.3. The first-order valence-corrected chi connectivity index (χ1v) is 14.4. The third-order valence-electron chi connectivity index (χ3n) is 8.60. The summed E-state index contributed by atoms with van der Waals surface area (Å²) in [7, 11) is 4.28. The van der Waals surface area contributed by atoms with Crippen molar-refractivity contribution in [2.75, 3.05) is 63.2 Å². The zero-order valence-corrected chi connectivity index (χ0v) is 23.6. The van der Waals surface area contributed by atoms with Gasteiger partial charge in [-0.1, -0.05) is 35.9 Å². The molecule has 4 heterocycles. The van der Waals surface area contributed by atoms with Crippen LogP contribution >= 0.6 is 11.6 Å². The van der Waals surface area contributed by atoms with Crippen molar-refractivity contribution in [1.82, 2.24) is 19.8 Å². The van der Waals surface area contributed by atoms with E-state index in [4.69, 9.17) is 31.6 Å². The molecule has 6 rings (SSSR count). The normalized spacial score (nSPS) is 19.6. The molecule has 3 aliphatic heterocycles. The first-order valence-electron chi connectivity index (χ1n) is 14.0. The maximum absolute atomic E-state index is 9.07.